The summed E-state index contributed by atoms with van der Waals surface area (Å²) in [5.74, 6) is 0.478. The monoisotopic (exact) mass is 365 g/mol. The smallest absolute Gasteiger partial charge is 0.328 e. The van der Waals surface area contributed by atoms with Gasteiger partial charge in [0.2, 0.25) is 11.7 Å². The molecule has 0 atom stereocenters. The first-order valence-corrected chi connectivity index (χ1v) is 8.18. The highest BCUT2D eigenvalue weighted by atomic mass is 19.1. The number of aromatic nitrogens is 2. The lowest BCUT2D eigenvalue weighted by atomic mass is 9.96. The fraction of sp³-hybridized carbons (Fsp3) is 0.500. The minimum absolute atomic E-state index is 0.0713. The Morgan fingerprint density at radius 1 is 1.38 bits per heavy atom. The van der Waals surface area contributed by atoms with E-state index in [1.165, 1.54) is 13.2 Å². The first-order valence-electron chi connectivity index (χ1n) is 8.18. The number of nitro groups is 1. The van der Waals surface area contributed by atoms with Gasteiger partial charge in [0.15, 0.2) is 0 Å². The van der Waals surface area contributed by atoms with Crippen LogP contribution in [0.25, 0.3) is 0 Å². The molecule has 0 radical (unpaired) electrons. The summed E-state index contributed by atoms with van der Waals surface area (Å²) in [6, 6.07) is 2.52. The van der Waals surface area contributed by atoms with Crippen LogP contribution >= 0.6 is 0 Å². The van der Waals surface area contributed by atoms with Crippen LogP contribution in [0.4, 0.5) is 21.7 Å². The molecule has 0 saturated carbocycles. The highest BCUT2D eigenvalue weighted by Crippen LogP contribution is 2.38. The normalized spacial score (nSPS) is 15.2. The van der Waals surface area contributed by atoms with Crippen LogP contribution in [0.2, 0.25) is 0 Å². The molecule has 1 aliphatic rings. The van der Waals surface area contributed by atoms with E-state index in [0.717, 1.165) is 6.07 Å². The third kappa shape index (κ3) is 3.39. The number of ether oxygens (including phenoxy) is 1. The number of nitrogens with zero attached hydrogens (tertiary/aromatic N) is 5. The lowest BCUT2D eigenvalue weighted by molar-refractivity contribution is -0.386. The van der Waals surface area contributed by atoms with E-state index in [-0.39, 0.29) is 17.4 Å². The van der Waals surface area contributed by atoms with Crippen LogP contribution in [-0.4, -0.2) is 49.4 Å². The van der Waals surface area contributed by atoms with Crippen molar-refractivity contribution in [2.45, 2.75) is 18.8 Å². The zero-order valence-electron chi connectivity index (χ0n) is 14.8. The Kier molecular flexibility index (Phi) is 4.92. The molecule has 26 heavy (non-hydrogen) atoms. The third-order valence-electron chi connectivity index (χ3n) is 4.45. The predicted molar refractivity (Wildman–Crippen MR) is 92.4 cm³/mol. The summed E-state index contributed by atoms with van der Waals surface area (Å²) in [5, 5.41) is 15.2. The topological polar surface area (TPSA) is 97.8 Å². The zero-order chi connectivity index (χ0) is 18.8. The van der Waals surface area contributed by atoms with E-state index in [0.29, 0.717) is 37.8 Å². The van der Waals surface area contributed by atoms with Gasteiger partial charge in [-0.05, 0) is 18.0 Å². The maximum Gasteiger partial charge on any atom is 0.328 e. The molecule has 9 nitrogen and oxygen atoms in total. The van der Waals surface area contributed by atoms with Crippen molar-refractivity contribution < 1.29 is 18.6 Å². The molecule has 1 aromatic carbocycles. The number of halogens is 1. The predicted octanol–water partition coefficient (Wildman–Crippen LogP) is 2.58. The Morgan fingerprint density at radius 3 is 2.62 bits per heavy atom. The first-order chi connectivity index (χ1) is 12.4. The van der Waals surface area contributed by atoms with Crippen molar-refractivity contribution in [1.29, 1.82) is 0 Å². The van der Waals surface area contributed by atoms with Gasteiger partial charge in [0.1, 0.15) is 11.4 Å². The van der Waals surface area contributed by atoms with Crippen LogP contribution in [-0.2, 0) is 0 Å². The van der Waals surface area contributed by atoms with Crippen molar-refractivity contribution in [3.8, 4) is 5.75 Å². The third-order valence-corrected chi connectivity index (χ3v) is 4.45. The molecule has 3 rings (SSSR count). The van der Waals surface area contributed by atoms with Gasteiger partial charge in [-0.15, -0.1) is 0 Å². The van der Waals surface area contributed by atoms with Crippen molar-refractivity contribution in [1.82, 2.24) is 10.1 Å². The Hall–Kier alpha value is -2.91. The van der Waals surface area contributed by atoms with Crippen molar-refractivity contribution >= 4 is 17.3 Å². The molecule has 0 bridgehead atoms. The average molecular weight is 365 g/mol. The van der Waals surface area contributed by atoms with Crippen molar-refractivity contribution in [2.75, 3.05) is 44.1 Å². The molecule has 2 heterocycles. The fourth-order valence-corrected chi connectivity index (χ4v) is 3.04. The van der Waals surface area contributed by atoms with Gasteiger partial charge in [-0.25, -0.2) is 0 Å². The minimum Gasteiger partial charge on any atom is -0.497 e. The number of rotatable bonds is 5. The van der Waals surface area contributed by atoms with E-state index in [1.807, 2.05) is 14.1 Å². The Balaban J connectivity index is 1.79. The Labute approximate surface area is 149 Å². The average Bonchev–Trinajstić information content (AvgIpc) is 3.11. The van der Waals surface area contributed by atoms with E-state index in [1.54, 1.807) is 9.80 Å². The van der Waals surface area contributed by atoms with Gasteiger partial charge in [-0.3, -0.25) is 10.1 Å². The molecular weight excluding hydrogens is 345 g/mol. The van der Waals surface area contributed by atoms with Crippen LogP contribution in [0.3, 0.4) is 0 Å². The number of methoxy groups -OCH3 is 1. The van der Waals surface area contributed by atoms with Crippen LogP contribution in [0.15, 0.2) is 16.7 Å². The van der Waals surface area contributed by atoms with E-state index < -0.39 is 16.4 Å². The molecular formula is C16H20FN5O4. The number of hydrogen-bond donors (Lipinski definition) is 0. The van der Waals surface area contributed by atoms with E-state index >= 15 is 0 Å². The summed E-state index contributed by atoms with van der Waals surface area (Å²) < 4.78 is 24.5. The largest absolute Gasteiger partial charge is 0.497 e. The molecule has 0 N–H and O–H groups in total. The maximum absolute atomic E-state index is 14.1. The molecule has 0 amide bonds. The number of benzene rings is 1. The lowest BCUT2D eigenvalue weighted by Gasteiger charge is -2.32. The summed E-state index contributed by atoms with van der Waals surface area (Å²) in [6.45, 7) is 1.02. The Morgan fingerprint density at radius 2 is 2.08 bits per heavy atom. The quantitative estimate of drug-likeness (QED) is 0.589. The van der Waals surface area contributed by atoms with Gasteiger partial charge < -0.3 is 19.1 Å². The number of nitro benzene ring substituents is 1. The minimum atomic E-state index is -0.904. The fourth-order valence-electron chi connectivity index (χ4n) is 3.04. The van der Waals surface area contributed by atoms with Crippen molar-refractivity contribution in [3.05, 3.63) is 34.0 Å². The van der Waals surface area contributed by atoms with Crippen molar-refractivity contribution in [3.63, 3.8) is 0 Å². The number of piperidine rings is 1. The molecule has 10 heteroatoms. The summed E-state index contributed by atoms with van der Waals surface area (Å²) in [6.07, 6.45) is 1.34. The second-order valence-electron chi connectivity index (χ2n) is 6.32. The lowest BCUT2D eigenvalue weighted by Crippen LogP contribution is -2.33. The summed E-state index contributed by atoms with van der Waals surface area (Å²) in [4.78, 5) is 18.5. The van der Waals surface area contributed by atoms with E-state index in [4.69, 9.17) is 9.26 Å². The summed E-state index contributed by atoms with van der Waals surface area (Å²) >= 11 is 0. The maximum atomic E-state index is 14.1. The molecule has 0 unspecified atom stereocenters. The molecule has 1 saturated heterocycles. The zero-order valence-corrected chi connectivity index (χ0v) is 14.8. The molecule has 2 aromatic rings. The van der Waals surface area contributed by atoms with Gasteiger partial charge >= 0.3 is 5.69 Å². The summed E-state index contributed by atoms with van der Waals surface area (Å²) in [5.41, 5.74) is -0.304. The molecule has 0 aliphatic carbocycles. The number of anilines is 2. The SMILES string of the molecule is COc1cc(F)c([N+](=O)[O-])c(N2CCC(c3nc(N(C)C)no3)CC2)c1. The van der Waals surface area contributed by atoms with Gasteiger partial charge in [-0.2, -0.15) is 9.37 Å². The highest BCUT2D eigenvalue weighted by molar-refractivity contribution is 5.67. The number of hydrogen-bond acceptors (Lipinski definition) is 8. The van der Waals surface area contributed by atoms with Crippen LogP contribution in [0.1, 0.15) is 24.7 Å². The van der Waals surface area contributed by atoms with Crippen molar-refractivity contribution in [2.24, 2.45) is 0 Å². The standard InChI is InChI=1S/C16H20FN5O4/c1-20(2)16-18-15(26-19-16)10-4-6-21(7-5-10)13-9-11(25-3)8-12(17)14(13)22(23)24/h8-10H,4-7H2,1-3H3. The molecule has 1 fully saturated rings. The van der Waals surface area contributed by atoms with Crippen LogP contribution in [0.5, 0.6) is 5.75 Å². The van der Waals surface area contributed by atoms with Gasteiger partial charge in [-0.1, -0.05) is 0 Å². The summed E-state index contributed by atoms with van der Waals surface area (Å²) in [7, 11) is 5.05. The first kappa shape index (κ1) is 17.9. The second kappa shape index (κ2) is 7.14. The van der Waals surface area contributed by atoms with E-state index in [9.17, 15) is 14.5 Å². The van der Waals surface area contributed by atoms with Gasteiger partial charge in [0, 0.05) is 45.2 Å². The molecule has 1 aliphatic heterocycles. The Bertz CT molecular complexity index is 802. The molecule has 0 spiro atoms. The molecule has 140 valence electrons. The second-order valence-corrected chi connectivity index (χ2v) is 6.32. The van der Waals surface area contributed by atoms with Gasteiger partial charge in [0.05, 0.1) is 12.0 Å². The highest BCUT2D eigenvalue weighted by Gasteiger charge is 2.31. The van der Waals surface area contributed by atoms with Crippen LogP contribution in [0, 0.1) is 15.9 Å². The molecule has 1 aromatic heterocycles. The van der Waals surface area contributed by atoms with Gasteiger partial charge in [0.25, 0.3) is 5.95 Å². The van der Waals surface area contributed by atoms with E-state index in [2.05, 4.69) is 10.1 Å². The van der Waals surface area contributed by atoms with Crippen LogP contribution < -0.4 is 14.5 Å².